The summed E-state index contributed by atoms with van der Waals surface area (Å²) in [6, 6.07) is 11.7. The Kier molecular flexibility index (Phi) is 4.05. The van der Waals surface area contributed by atoms with E-state index in [-0.39, 0.29) is 5.56 Å². The Balaban J connectivity index is 2.47. The lowest BCUT2D eigenvalue weighted by Crippen LogP contribution is -2.22. The highest BCUT2D eigenvalue weighted by Crippen LogP contribution is 2.21. The van der Waals surface area contributed by atoms with Crippen LogP contribution >= 0.6 is 0 Å². The molecule has 1 aromatic heterocycles. The molecule has 0 aliphatic carbocycles. The number of nitrogens with zero attached hydrogens (tertiary/aromatic N) is 1. The summed E-state index contributed by atoms with van der Waals surface area (Å²) < 4.78 is 7.22. The van der Waals surface area contributed by atoms with Gasteiger partial charge in [-0.15, -0.1) is 0 Å². The minimum atomic E-state index is 0.0777. The molecule has 0 atom stereocenters. The zero-order valence-electron chi connectivity index (χ0n) is 11.6. The molecule has 0 saturated heterocycles. The van der Waals surface area contributed by atoms with Crippen LogP contribution in [-0.4, -0.2) is 11.2 Å². The highest BCUT2D eigenvalue weighted by Gasteiger charge is 2.07. The molecule has 0 fully saturated rings. The van der Waals surface area contributed by atoms with E-state index in [0.29, 0.717) is 13.2 Å². The van der Waals surface area contributed by atoms with Gasteiger partial charge < -0.3 is 9.30 Å². The average molecular weight is 257 g/mol. The molecular weight excluding hydrogens is 238 g/mol. The van der Waals surface area contributed by atoms with Crippen LogP contribution in [0.5, 0.6) is 5.75 Å². The van der Waals surface area contributed by atoms with Gasteiger partial charge in [-0.25, -0.2) is 0 Å². The third-order valence-corrected chi connectivity index (χ3v) is 3.14. The van der Waals surface area contributed by atoms with Crippen molar-refractivity contribution in [3.05, 3.63) is 52.3 Å². The standard InChI is InChI=1S/C16H19NO2/c1-4-17-15(11-6-12(3)16(17)18)13-7-9-14(10-8-13)19-5-2/h6-11H,4-5H2,1-3H3. The number of pyridine rings is 1. The fourth-order valence-electron chi connectivity index (χ4n) is 2.14. The van der Waals surface area contributed by atoms with Gasteiger partial charge in [0, 0.05) is 12.1 Å². The molecule has 0 amide bonds. The second kappa shape index (κ2) is 5.74. The number of aryl methyl sites for hydroxylation is 1. The van der Waals surface area contributed by atoms with Crippen molar-refractivity contribution < 1.29 is 4.74 Å². The molecular formula is C16H19NO2. The Morgan fingerprint density at radius 3 is 2.32 bits per heavy atom. The molecule has 0 unspecified atom stereocenters. The molecule has 0 bridgehead atoms. The summed E-state index contributed by atoms with van der Waals surface area (Å²) in [6.45, 7) is 7.12. The zero-order chi connectivity index (χ0) is 13.8. The normalized spacial score (nSPS) is 10.5. The minimum absolute atomic E-state index is 0.0777. The van der Waals surface area contributed by atoms with Crippen LogP contribution in [0.3, 0.4) is 0 Å². The number of hydrogen-bond donors (Lipinski definition) is 0. The largest absolute Gasteiger partial charge is 0.494 e. The Labute approximate surface area is 113 Å². The second-order valence-corrected chi connectivity index (χ2v) is 4.41. The molecule has 0 aliphatic heterocycles. The van der Waals surface area contributed by atoms with E-state index in [4.69, 9.17) is 4.74 Å². The first-order valence-corrected chi connectivity index (χ1v) is 6.61. The number of ether oxygens (including phenoxy) is 1. The molecule has 3 nitrogen and oxygen atoms in total. The van der Waals surface area contributed by atoms with Crippen LogP contribution in [-0.2, 0) is 6.54 Å². The van der Waals surface area contributed by atoms with Crippen molar-refractivity contribution in [1.82, 2.24) is 4.57 Å². The van der Waals surface area contributed by atoms with Gasteiger partial charge in [-0.2, -0.15) is 0 Å². The first-order valence-electron chi connectivity index (χ1n) is 6.61. The Hall–Kier alpha value is -2.03. The maximum absolute atomic E-state index is 12.1. The molecule has 0 radical (unpaired) electrons. The second-order valence-electron chi connectivity index (χ2n) is 4.41. The van der Waals surface area contributed by atoms with Crippen molar-refractivity contribution in [3.8, 4) is 17.0 Å². The van der Waals surface area contributed by atoms with Gasteiger partial charge >= 0.3 is 0 Å². The summed E-state index contributed by atoms with van der Waals surface area (Å²) in [6.07, 6.45) is 0. The van der Waals surface area contributed by atoms with Gasteiger partial charge in [-0.3, -0.25) is 4.79 Å². The summed E-state index contributed by atoms with van der Waals surface area (Å²) in [7, 11) is 0. The predicted molar refractivity (Wildman–Crippen MR) is 77.7 cm³/mol. The summed E-state index contributed by atoms with van der Waals surface area (Å²) in [4.78, 5) is 12.1. The molecule has 2 aromatic rings. The number of aromatic nitrogens is 1. The molecule has 1 heterocycles. The van der Waals surface area contributed by atoms with E-state index >= 15 is 0 Å². The monoisotopic (exact) mass is 257 g/mol. The van der Waals surface area contributed by atoms with Crippen LogP contribution in [0.2, 0.25) is 0 Å². The lowest BCUT2D eigenvalue weighted by atomic mass is 10.1. The van der Waals surface area contributed by atoms with Crippen molar-refractivity contribution in [1.29, 1.82) is 0 Å². The van der Waals surface area contributed by atoms with Gasteiger partial charge in [0.05, 0.1) is 12.3 Å². The molecule has 0 aliphatic rings. The van der Waals surface area contributed by atoms with Crippen molar-refractivity contribution in [3.63, 3.8) is 0 Å². The molecule has 100 valence electrons. The molecule has 3 heteroatoms. The first-order chi connectivity index (χ1) is 9.17. The van der Waals surface area contributed by atoms with E-state index in [1.54, 1.807) is 4.57 Å². The Bertz CT molecular complexity index is 612. The van der Waals surface area contributed by atoms with Crippen LogP contribution in [0.1, 0.15) is 19.4 Å². The molecule has 19 heavy (non-hydrogen) atoms. The van der Waals surface area contributed by atoms with Crippen molar-refractivity contribution in [2.45, 2.75) is 27.3 Å². The van der Waals surface area contributed by atoms with Gasteiger partial charge in [0.1, 0.15) is 5.75 Å². The Morgan fingerprint density at radius 1 is 1.05 bits per heavy atom. The molecule has 0 N–H and O–H groups in total. The van der Waals surface area contributed by atoms with Crippen LogP contribution < -0.4 is 10.3 Å². The lowest BCUT2D eigenvalue weighted by molar-refractivity contribution is 0.340. The fraction of sp³-hybridized carbons (Fsp3) is 0.312. The lowest BCUT2D eigenvalue weighted by Gasteiger charge is -2.12. The predicted octanol–water partition coefficient (Wildman–Crippen LogP) is 3.24. The van der Waals surface area contributed by atoms with Gasteiger partial charge in [0.15, 0.2) is 0 Å². The highest BCUT2D eigenvalue weighted by molar-refractivity contribution is 5.60. The van der Waals surface area contributed by atoms with Gasteiger partial charge in [0.25, 0.3) is 5.56 Å². The maximum atomic E-state index is 12.1. The number of rotatable bonds is 4. The summed E-state index contributed by atoms with van der Waals surface area (Å²) in [5, 5.41) is 0. The first kappa shape index (κ1) is 13.4. The van der Waals surface area contributed by atoms with Crippen molar-refractivity contribution >= 4 is 0 Å². The number of hydrogen-bond acceptors (Lipinski definition) is 2. The molecule has 2 rings (SSSR count). The molecule has 1 aromatic carbocycles. The van der Waals surface area contributed by atoms with E-state index in [0.717, 1.165) is 22.6 Å². The topological polar surface area (TPSA) is 31.2 Å². The minimum Gasteiger partial charge on any atom is -0.494 e. The summed E-state index contributed by atoms with van der Waals surface area (Å²) in [5.41, 5.74) is 2.83. The maximum Gasteiger partial charge on any atom is 0.253 e. The van der Waals surface area contributed by atoms with E-state index in [2.05, 4.69) is 0 Å². The third-order valence-electron chi connectivity index (χ3n) is 3.14. The van der Waals surface area contributed by atoms with Crippen LogP contribution in [0, 0.1) is 6.92 Å². The average Bonchev–Trinajstić information content (AvgIpc) is 2.43. The fourth-order valence-corrected chi connectivity index (χ4v) is 2.14. The van der Waals surface area contributed by atoms with E-state index in [1.165, 1.54) is 0 Å². The van der Waals surface area contributed by atoms with Crippen molar-refractivity contribution in [2.24, 2.45) is 0 Å². The number of benzene rings is 1. The summed E-state index contributed by atoms with van der Waals surface area (Å²) in [5.74, 6) is 0.851. The van der Waals surface area contributed by atoms with E-state index in [9.17, 15) is 4.79 Å². The molecule has 0 spiro atoms. The molecule has 0 saturated carbocycles. The van der Waals surface area contributed by atoms with Crippen molar-refractivity contribution in [2.75, 3.05) is 6.61 Å². The highest BCUT2D eigenvalue weighted by atomic mass is 16.5. The zero-order valence-corrected chi connectivity index (χ0v) is 11.6. The summed E-state index contributed by atoms with van der Waals surface area (Å²) >= 11 is 0. The smallest absolute Gasteiger partial charge is 0.253 e. The van der Waals surface area contributed by atoms with Gasteiger partial charge in [-0.1, -0.05) is 6.07 Å². The quantitative estimate of drug-likeness (QED) is 0.842. The Morgan fingerprint density at radius 2 is 1.74 bits per heavy atom. The van der Waals surface area contributed by atoms with Crippen LogP contribution in [0.15, 0.2) is 41.2 Å². The van der Waals surface area contributed by atoms with Gasteiger partial charge in [0.2, 0.25) is 0 Å². The van der Waals surface area contributed by atoms with Crippen LogP contribution in [0.25, 0.3) is 11.3 Å². The van der Waals surface area contributed by atoms with E-state index in [1.807, 2.05) is 57.2 Å². The van der Waals surface area contributed by atoms with Gasteiger partial charge in [-0.05, 0) is 56.7 Å². The SMILES string of the molecule is CCOc1ccc(-c2ccc(C)c(=O)n2CC)cc1. The third kappa shape index (κ3) is 2.70. The van der Waals surface area contributed by atoms with Crippen LogP contribution in [0.4, 0.5) is 0 Å². The van der Waals surface area contributed by atoms with E-state index < -0.39 is 0 Å².